The second-order valence-corrected chi connectivity index (χ2v) is 8.04. The summed E-state index contributed by atoms with van der Waals surface area (Å²) in [7, 11) is 0. The fraction of sp³-hybridized carbons (Fsp3) is 0.375. The first-order chi connectivity index (χ1) is 14.7. The Hall–Kier alpha value is -3.02. The van der Waals surface area contributed by atoms with Gasteiger partial charge in [-0.2, -0.15) is 0 Å². The number of halogens is 1. The maximum Gasteiger partial charge on any atom is 0.223 e. The highest BCUT2D eigenvalue weighted by molar-refractivity contribution is 5.78. The van der Waals surface area contributed by atoms with Crippen LogP contribution in [0.3, 0.4) is 0 Å². The molecule has 1 aromatic carbocycles. The minimum atomic E-state index is -0.243. The predicted octanol–water partition coefficient (Wildman–Crippen LogP) is 5.57. The van der Waals surface area contributed by atoms with E-state index >= 15 is 0 Å². The van der Waals surface area contributed by atoms with E-state index < -0.39 is 0 Å². The van der Waals surface area contributed by atoms with Crippen molar-refractivity contribution in [2.45, 2.75) is 51.5 Å². The molecular formula is C24H26FN5. The van der Waals surface area contributed by atoms with Gasteiger partial charge in [0.25, 0.3) is 0 Å². The fourth-order valence-electron chi connectivity index (χ4n) is 4.63. The van der Waals surface area contributed by atoms with E-state index in [1.165, 1.54) is 37.8 Å². The second kappa shape index (κ2) is 8.01. The Bertz CT molecular complexity index is 1080. The SMILES string of the molecule is CCNc1nccc(-c2c(-c3ccc(F)cc3)nc3n2C(C=C2CCCC2)CC3)n1. The molecule has 1 atom stereocenters. The lowest BCUT2D eigenvalue weighted by Crippen LogP contribution is -2.07. The molecule has 5 nitrogen and oxygen atoms in total. The highest BCUT2D eigenvalue weighted by Crippen LogP contribution is 2.41. The van der Waals surface area contributed by atoms with E-state index in [9.17, 15) is 4.39 Å². The molecule has 1 aliphatic heterocycles. The zero-order valence-corrected chi connectivity index (χ0v) is 17.2. The van der Waals surface area contributed by atoms with Gasteiger partial charge in [0.05, 0.1) is 23.1 Å². The number of hydrogen-bond donors (Lipinski definition) is 1. The number of fused-ring (bicyclic) bond motifs is 1. The van der Waals surface area contributed by atoms with Crippen LogP contribution in [0.15, 0.2) is 48.2 Å². The van der Waals surface area contributed by atoms with E-state index in [1.54, 1.807) is 23.9 Å². The summed E-state index contributed by atoms with van der Waals surface area (Å²) in [5.74, 6) is 1.44. The molecule has 5 rings (SSSR count). The number of aromatic nitrogens is 4. The van der Waals surface area contributed by atoms with Crippen molar-refractivity contribution < 1.29 is 4.39 Å². The van der Waals surface area contributed by atoms with Gasteiger partial charge in [-0.25, -0.2) is 19.3 Å². The highest BCUT2D eigenvalue weighted by Gasteiger charge is 2.30. The summed E-state index contributed by atoms with van der Waals surface area (Å²) in [6, 6.07) is 8.82. The molecule has 154 valence electrons. The largest absolute Gasteiger partial charge is 0.354 e. The molecule has 1 N–H and O–H groups in total. The average molecular weight is 404 g/mol. The molecule has 0 radical (unpaired) electrons. The molecule has 30 heavy (non-hydrogen) atoms. The molecule has 1 aliphatic carbocycles. The lowest BCUT2D eigenvalue weighted by atomic mass is 10.1. The van der Waals surface area contributed by atoms with Crippen LogP contribution in [0.5, 0.6) is 0 Å². The van der Waals surface area contributed by atoms with Crippen LogP contribution in [0.1, 0.15) is 50.9 Å². The molecule has 3 heterocycles. The van der Waals surface area contributed by atoms with E-state index in [-0.39, 0.29) is 5.82 Å². The van der Waals surface area contributed by atoms with Gasteiger partial charge in [0, 0.05) is 24.7 Å². The van der Waals surface area contributed by atoms with Gasteiger partial charge < -0.3 is 9.88 Å². The van der Waals surface area contributed by atoms with Gasteiger partial charge in [0.1, 0.15) is 11.6 Å². The summed E-state index contributed by atoms with van der Waals surface area (Å²) >= 11 is 0. The number of hydrogen-bond acceptors (Lipinski definition) is 4. The summed E-state index contributed by atoms with van der Waals surface area (Å²) in [4.78, 5) is 14.1. The number of benzene rings is 1. The van der Waals surface area contributed by atoms with Crippen LogP contribution in [0.25, 0.3) is 22.6 Å². The number of imidazole rings is 1. The lowest BCUT2D eigenvalue weighted by Gasteiger charge is -2.16. The fourth-order valence-corrected chi connectivity index (χ4v) is 4.63. The van der Waals surface area contributed by atoms with Crippen molar-refractivity contribution >= 4 is 5.95 Å². The van der Waals surface area contributed by atoms with Crippen LogP contribution in [0.4, 0.5) is 10.3 Å². The van der Waals surface area contributed by atoms with E-state index in [0.29, 0.717) is 12.0 Å². The summed E-state index contributed by atoms with van der Waals surface area (Å²) in [5, 5.41) is 3.20. The van der Waals surface area contributed by atoms with Crippen LogP contribution in [-0.2, 0) is 6.42 Å². The van der Waals surface area contributed by atoms with Crippen LogP contribution in [0.2, 0.25) is 0 Å². The van der Waals surface area contributed by atoms with Gasteiger partial charge in [0.15, 0.2) is 0 Å². The second-order valence-electron chi connectivity index (χ2n) is 8.04. The smallest absolute Gasteiger partial charge is 0.223 e. The van der Waals surface area contributed by atoms with Crippen molar-refractivity contribution in [1.29, 1.82) is 0 Å². The standard InChI is InChI=1S/C24H26FN5/c1-2-26-24-27-14-13-20(28-24)23-22(17-7-9-18(25)10-8-17)29-21-12-11-19(30(21)23)15-16-5-3-4-6-16/h7-10,13-15,19H,2-6,11-12H2,1H3,(H,26,27,28). The molecule has 1 unspecified atom stereocenters. The molecule has 0 bridgehead atoms. The first-order valence-corrected chi connectivity index (χ1v) is 10.9. The van der Waals surface area contributed by atoms with Gasteiger partial charge in [-0.3, -0.25) is 0 Å². The van der Waals surface area contributed by atoms with Gasteiger partial charge in [-0.05, 0) is 69.4 Å². The topological polar surface area (TPSA) is 55.6 Å². The summed E-state index contributed by atoms with van der Waals surface area (Å²) in [5.41, 5.74) is 5.17. The Kier molecular flexibility index (Phi) is 5.07. The van der Waals surface area contributed by atoms with Crippen molar-refractivity contribution in [3.05, 3.63) is 59.8 Å². The summed E-state index contributed by atoms with van der Waals surface area (Å²) < 4.78 is 15.9. The van der Waals surface area contributed by atoms with Crippen molar-refractivity contribution in [3.8, 4) is 22.6 Å². The molecule has 3 aromatic rings. The zero-order chi connectivity index (χ0) is 20.5. The Balaban J connectivity index is 1.67. The van der Waals surface area contributed by atoms with Crippen LogP contribution >= 0.6 is 0 Å². The Morgan fingerprint density at radius 2 is 1.90 bits per heavy atom. The first kappa shape index (κ1) is 19.0. The molecule has 0 saturated heterocycles. The number of nitrogens with one attached hydrogen (secondary N) is 1. The Morgan fingerprint density at radius 3 is 2.67 bits per heavy atom. The zero-order valence-electron chi connectivity index (χ0n) is 17.2. The predicted molar refractivity (Wildman–Crippen MR) is 117 cm³/mol. The third kappa shape index (κ3) is 3.51. The molecule has 0 spiro atoms. The third-order valence-electron chi connectivity index (χ3n) is 6.00. The molecule has 1 fully saturated rings. The number of anilines is 1. The van der Waals surface area contributed by atoms with Gasteiger partial charge in [0.2, 0.25) is 5.95 Å². The molecule has 6 heteroatoms. The monoisotopic (exact) mass is 403 g/mol. The van der Waals surface area contributed by atoms with E-state index in [4.69, 9.17) is 9.97 Å². The highest BCUT2D eigenvalue weighted by atomic mass is 19.1. The van der Waals surface area contributed by atoms with Crippen molar-refractivity contribution in [2.75, 3.05) is 11.9 Å². The number of allylic oxidation sites excluding steroid dienone is 2. The van der Waals surface area contributed by atoms with Crippen molar-refractivity contribution in [3.63, 3.8) is 0 Å². The summed E-state index contributed by atoms with van der Waals surface area (Å²) in [6.07, 6.45) is 11.2. The van der Waals surface area contributed by atoms with Crippen molar-refractivity contribution in [2.24, 2.45) is 0 Å². The average Bonchev–Trinajstić information content (AvgIpc) is 3.48. The molecule has 2 aromatic heterocycles. The number of nitrogens with zero attached hydrogens (tertiary/aromatic N) is 4. The van der Waals surface area contributed by atoms with E-state index in [1.807, 2.05) is 13.0 Å². The first-order valence-electron chi connectivity index (χ1n) is 10.9. The Morgan fingerprint density at radius 1 is 1.10 bits per heavy atom. The normalized spacial score (nSPS) is 17.9. The summed E-state index contributed by atoms with van der Waals surface area (Å²) in [6.45, 7) is 2.79. The van der Waals surface area contributed by atoms with Gasteiger partial charge in [-0.15, -0.1) is 0 Å². The molecule has 0 amide bonds. The van der Waals surface area contributed by atoms with Gasteiger partial charge >= 0.3 is 0 Å². The van der Waals surface area contributed by atoms with Crippen LogP contribution in [-0.4, -0.2) is 26.1 Å². The minimum absolute atomic E-state index is 0.243. The number of aryl methyl sites for hydroxylation is 1. The minimum Gasteiger partial charge on any atom is -0.354 e. The maximum absolute atomic E-state index is 13.6. The van der Waals surface area contributed by atoms with E-state index in [0.717, 1.165) is 47.9 Å². The van der Waals surface area contributed by atoms with Crippen molar-refractivity contribution in [1.82, 2.24) is 19.5 Å². The quantitative estimate of drug-likeness (QED) is 0.566. The van der Waals surface area contributed by atoms with Crippen LogP contribution in [0, 0.1) is 5.82 Å². The molecule has 2 aliphatic rings. The van der Waals surface area contributed by atoms with Gasteiger partial charge in [-0.1, -0.05) is 11.6 Å². The molecule has 1 saturated carbocycles. The van der Waals surface area contributed by atoms with E-state index in [2.05, 4.69) is 20.9 Å². The number of rotatable bonds is 5. The lowest BCUT2D eigenvalue weighted by molar-refractivity contribution is 0.628. The molecular weight excluding hydrogens is 377 g/mol. The third-order valence-corrected chi connectivity index (χ3v) is 6.00. The van der Waals surface area contributed by atoms with Crippen LogP contribution < -0.4 is 5.32 Å². The maximum atomic E-state index is 13.6. The Labute approximate surface area is 176 Å².